The highest BCUT2D eigenvalue weighted by atomic mass is 35.5. The van der Waals surface area contributed by atoms with Crippen LogP contribution in [-0.4, -0.2) is 36.3 Å². The van der Waals surface area contributed by atoms with Crippen molar-refractivity contribution in [3.05, 3.63) is 28.8 Å². The molecule has 0 unspecified atom stereocenters. The van der Waals surface area contributed by atoms with Crippen molar-refractivity contribution in [1.82, 2.24) is 4.90 Å². The first kappa shape index (κ1) is 14.3. The number of rotatable bonds is 7. The fourth-order valence-corrected chi connectivity index (χ4v) is 1.84. The maximum absolute atomic E-state index is 9.76. The highest BCUT2D eigenvalue weighted by molar-refractivity contribution is 6.31. The molecule has 4 heteroatoms. The van der Waals surface area contributed by atoms with Crippen LogP contribution in [0.3, 0.4) is 0 Å². The van der Waals surface area contributed by atoms with E-state index in [4.69, 9.17) is 16.3 Å². The van der Waals surface area contributed by atoms with Crippen LogP contribution in [0.1, 0.15) is 19.4 Å². The monoisotopic (exact) mass is 257 g/mol. The van der Waals surface area contributed by atoms with Gasteiger partial charge in [0.25, 0.3) is 0 Å². The molecule has 3 nitrogen and oxygen atoms in total. The summed E-state index contributed by atoms with van der Waals surface area (Å²) in [6.07, 6.45) is 0. The molecular weight excluding hydrogens is 238 g/mol. The Morgan fingerprint density at radius 2 is 2.12 bits per heavy atom. The minimum absolute atomic E-state index is 0.257. The normalized spacial score (nSPS) is 11.1. The molecule has 0 heterocycles. The minimum atomic E-state index is 0.257. The van der Waals surface area contributed by atoms with Gasteiger partial charge >= 0.3 is 0 Å². The highest BCUT2D eigenvalue weighted by Gasteiger charge is 2.10. The SMILES string of the molecule is CCOCCN(CC)Cc1c(O)cccc1Cl. The Labute approximate surface area is 108 Å². The molecule has 1 N–H and O–H groups in total. The van der Waals surface area contributed by atoms with E-state index in [9.17, 15) is 5.11 Å². The van der Waals surface area contributed by atoms with E-state index in [1.165, 1.54) is 0 Å². The average molecular weight is 258 g/mol. The smallest absolute Gasteiger partial charge is 0.121 e. The summed E-state index contributed by atoms with van der Waals surface area (Å²) in [6, 6.07) is 5.21. The molecule has 0 saturated heterocycles. The van der Waals surface area contributed by atoms with Crippen molar-refractivity contribution in [2.24, 2.45) is 0 Å². The Kier molecular flexibility index (Phi) is 6.34. The molecule has 96 valence electrons. The molecular formula is C13H20ClNO2. The van der Waals surface area contributed by atoms with Crippen LogP contribution in [0.25, 0.3) is 0 Å². The zero-order valence-corrected chi connectivity index (χ0v) is 11.2. The molecule has 0 saturated carbocycles. The van der Waals surface area contributed by atoms with Crippen LogP contribution in [0.15, 0.2) is 18.2 Å². The third-order valence-electron chi connectivity index (χ3n) is 2.68. The van der Waals surface area contributed by atoms with Gasteiger partial charge in [0.05, 0.1) is 6.61 Å². The summed E-state index contributed by atoms with van der Waals surface area (Å²) < 4.78 is 5.33. The maximum Gasteiger partial charge on any atom is 0.121 e. The van der Waals surface area contributed by atoms with Crippen LogP contribution < -0.4 is 0 Å². The molecule has 0 aliphatic rings. The van der Waals surface area contributed by atoms with Gasteiger partial charge in [-0.1, -0.05) is 24.6 Å². The van der Waals surface area contributed by atoms with Gasteiger partial charge in [-0.25, -0.2) is 0 Å². The Balaban J connectivity index is 2.60. The van der Waals surface area contributed by atoms with E-state index in [-0.39, 0.29) is 5.75 Å². The van der Waals surface area contributed by atoms with Gasteiger partial charge in [0, 0.05) is 30.3 Å². The summed E-state index contributed by atoms with van der Waals surface area (Å²) in [5.41, 5.74) is 0.785. The van der Waals surface area contributed by atoms with Crippen LogP contribution in [0.5, 0.6) is 5.75 Å². The van der Waals surface area contributed by atoms with Gasteiger partial charge in [-0.15, -0.1) is 0 Å². The minimum Gasteiger partial charge on any atom is -0.508 e. The second-order valence-electron chi connectivity index (χ2n) is 3.80. The molecule has 0 aliphatic carbocycles. The fraction of sp³-hybridized carbons (Fsp3) is 0.538. The summed E-state index contributed by atoms with van der Waals surface area (Å²) in [5.74, 6) is 0.257. The number of phenolic OH excluding ortho intramolecular Hbond substituents is 1. The van der Waals surface area contributed by atoms with Crippen LogP contribution >= 0.6 is 11.6 Å². The zero-order valence-electron chi connectivity index (χ0n) is 10.4. The third-order valence-corrected chi connectivity index (χ3v) is 3.03. The van der Waals surface area contributed by atoms with Crippen molar-refractivity contribution in [3.8, 4) is 5.75 Å². The Morgan fingerprint density at radius 3 is 2.71 bits per heavy atom. The third kappa shape index (κ3) is 4.54. The van der Waals surface area contributed by atoms with E-state index in [0.717, 1.165) is 25.3 Å². The molecule has 0 atom stereocenters. The number of aromatic hydroxyl groups is 1. The predicted molar refractivity (Wildman–Crippen MR) is 70.6 cm³/mol. The molecule has 0 fully saturated rings. The maximum atomic E-state index is 9.76. The second-order valence-corrected chi connectivity index (χ2v) is 4.21. The largest absolute Gasteiger partial charge is 0.508 e. The van der Waals surface area contributed by atoms with E-state index in [1.54, 1.807) is 18.2 Å². The number of halogens is 1. The molecule has 0 spiro atoms. The number of benzene rings is 1. The fourth-order valence-electron chi connectivity index (χ4n) is 1.61. The molecule has 1 aromatic rings. The molecule has 1 rings (SSSR count). The molecule has 0 radical (unpaired) electrons. The molecule has 17 heavy (non-hydrogen) atoms. The van der Waals surface area contributed by atoms with E-state index < -0.39 is 0 Å². The lowest BCUT2D eigenvalue weighted by Gasteiger charge is -2.21. The van der Waals surface area contributed by atoms with Gasteiger partial charge in [0.1, 0.15) is 5.75 Å². The summed E-state index contributed by atoms with van der Waals surface area (Å²) >= 11 is 6.07. The van der Waals surface area contributed by atoms with Crippen LogP contribution in [0, 0.1) is 0 Å². The first-order valence-electron chi connectivity index (χ1n) is 5.95. The van der Waals surface area contributed by atoms with Crippen molar-refractivity contribution in [3.63, 3.8) is 0 Å². The second kappa shape index (κ2) is 7.54. The number of phenols is 1. The van der Waals surface area contributed by atoms with Crippen LogP contribution in [0.2, 0.25) is 5.02 Å². The topological polar surface area (TPSA) is 32.7 Å². The molecule has 0 aromatic heterocycles. The molecule has 0 amide bonds. The van der Waals surface area contributed by atoms with Gasteiger partial charge < -0.3 is 9.84 Å². The van der Waals surface area contributed by atoms with E-state index in [0.29, 0.717) is 18.2 Å². The number of likely N-dealkylation sites (N-methyl/N-ethyl adjacent to an activating group) is 1. The van der Waals surface area contributed by atoms with Crippen molar-refractivity contribution < 1.29 is 9.84 Å². The predicted octanol–water partition coefficient (Wildman–Crippen LogP) is 2.90. The van der Waals surface area contributed by atoms with E-state index in [2.05, 4.69) is 11.8 Å². The standard InChI is InChI=1S/C13H20ClNO2/c1-3-15(8-9-17-4-2)10-11-12(14)6-5-7-13(11)16/h5-7,16H,3-4,8-10H2,1-2H3. The number of ether oxygens (including phenoxy) is 1. The first-order chi connectivity index (χ1) is 8.19. The zero-order chi connectivity index (χ0) is 12.7. The Morgan fingerprint density at radius 1 is 1.35 bits per heavy atom. The van der Waals surface area contributed by atoms with Gasteiger partial charge in [0.15, 0.2) is 0 Å². The van der Waals surface area contributed by atoms with E-state index in [1.807, 2.05) is 6.92 Å². The first-order valence-corrected chi connectivity index (χ1v) is 6.33. The summed E-state index contributed by atoms with van der Waals surface area (Å²) in [4.78, 5) is 2.19. The summed E-state index contributed by atoms with van der Waals surface area (Å²) in [5, 5.41) is 10.4. The van der Waals surface area contributed by atoms with Gasteiger partial charge in [-0.3, -0.25) is 4.90 Å². The number of hydrogen-bond donors (Lipinski definition) is 1. The Bertz CT molecular complexity index is 324. The summed E-state index contributed by atoms with van der Waals surface area (Å²) in [6.45, 7) is 7.89. The van der Waals surface area contributed by atoms with Crippen molar-refractivity contribution >= 4 is 11.6 Å². The lowest BCUT2D eigenvalue weighted by molar-refractivity contribution is 0.112. The van der Waals surface area contributed by atoms with Crippen molar-refractivity contribution in [2.45, 2.75) is 20.4 Å². The van der Waals surface area contributed by atoms with Crippen LogP contribution in [-0.2, 0) is 11.3 Å². The summed E-state index contributed by atoms with van der Waals surface area (Å²) in [7, 11) is 0. The van der Waals surface area contributed by atoms with E-state index >= 15 is 0 Å². The molecule has 1 aromatic carbocycles. The van der Waals surface area contributed by atoms with Gasteiger partial charge in [-0.05, 0) is 25.6 Å². The van der Waals surface area contributed by atoms with Gasteiger partial charge in [-0.2, -0.15) is 0 Å². The van der Waals surface area contributed by atoms with Gasteiger partial charge in [0.2, 0.25) is 0 Å². The lowest BCUT2D eigenvalue weighted by Crippen LogP contribution is -2.27. The lowest BCUT2D eigenvalue weighted by atomic mass is 10.2. The quantitative estimate of drug-likeness (QED) is 0.763. The van der Waals surface area contributed by atoms with Crippen molar-refractivity contribution in [1.29, 1.82) is 0 Å². The van der Waals surface area contributed by atoms with Crippen LogP contribution in [0.4, 0.5) is 0 Å². The Hall–Kier alpha value is -0.770. The molecule has 0 aliphatic heterocycles. The highest BCUT2D eigenvalue weighted by Crippen LogP contribution is 2.26. The number of hydrogen-bond acceptors (Lipinski definition) is 3. The average Bonchev–Trinajstić information content (AvgIpc) is 2.32. The molecule has 0 bridgehead atoms. The van der Waals surface area contributed by atoms with Crippen molar-refractivity contribution in [2.75, 3.05) is 26.3 Å². The number of nitrogens with zero attached hydrogens (tertiary/aromatic N) is 1.